The molecule has 5 nitrogen and oxygen atoms in total. The zero-order valence-corrected chi connectivity index (χ0v) is 12.7. The summed E-state index contributed by atoms with van der Waals surface area (Å²) < 4.78 is 5.48. The van der Waals surface area contributed by atoms with E-state index < -0.39 is 0 Å². The van der Waals surface area contributed by atoms with Gasteiger partial charge in [-0.2, -0.15) is 0 Å². The van der Waals surface area contributed by atoms with Gasteiger partial charge in [-0.05, 0) is 48.9 Å². The normalized spacial score (nSPS) is 10.3. The number of carbonyl (C=O) groups is 1. The molecule has 1 heterocycles. The fourth-order valence-corrected chi connectivity index (χ4v) is 2.19. The second-order valence-corrected chi connectivity index (χ2v) is 5.17. The number of nitrogens with zero attached hydrogens (tertiary/aromatic N) is 1. The van der Waals surface area contributed by atoms with Crippen LogP contribution in [0.2, 0.25) is 0 Å². The van der Waals surface area contributed by atoms with Gasteiger partial charge in [0.1, 0.15) is 11.6 Å². The molecule has 0 aliphatic carbocycles. The van der Waals surface area contributed by atoms with Crippen molar-refractivity contribution < 1.29 is 9.53 Å². The van der Waals surface area contributed by atoms with Crippen LogP contribution in [0.3, 0.4) is 0 Å². The number of benzene rings is 2. The largest absolute Gasteiger partial charge is 0.484 e. The molecular formula is C18H17N3O2. The fraction of sp³-hybridized carbons (Fsp3) is 0.111. The van der Waals surface area contributed by atoms with Gasteiger partial charge >= 0.3 is 0 Å². The van der Waals surface area contributed by atoms with E-state index in [0.717, 1.165) is 22.6 Å². The number of hydrogen-bond acceptors (Lipinski definition) is 3. The Morgan fingerprint density at radius 3 is 2.74 bits per heavy atom. The number of hydrogen-bond donors (Lipinski definition) is 2. The molecule has 1 aromatic heterocycles. The van der Waals surface area contributed by atoms with Gasteiger partial charge in [-0.15, -0.1) is 0 Å². The maximum absolute atomic E-state index is 11.9. The second kappa shape index (κ2) is 6.79. The number of anilines is 1. The minimum Gasteiger partial charge on any atom is -0.484 e. The Hall–Kier alpha value is -3.08. The Labute approximate surface area is 134 Å². The maximum atomic E-state index is 11.9. The molecule has 5 heteroatoms. The van der Waals surface area contributed by atoms with Gasteiger partial charge in [-0.1, -0.05) is 12.1 Å². The Morgan fingerprint density at radius 2 is 2.04 bits per heavy atom. The quantitative estimate of drug-likeness (QED) is 0.759. The number of aromatic nitrogens is 2. The highest BCUT2D eigenvalue weighted by Gasteiger charge is 2.05. The van der Waals surface area contributed by atoms with Crippen LogP contribution in [0.4, 0.5) is 5.69 Å². The third-order valence-corrected chi connectivity index (χ3v) is 3.30. The second-order valence-electron chi connectivity index (χ2n) is 5.17. The number of nitrogens with one attached hydrogen (secondary N) is 2. The molecule has 0 saturated carbocycles. The van der Waals surface area contributed by atoms with Crippen LogP contribution in [0, 0.1) is 6.92 Å². The molecule has 3 aromatic rings. The van der Waals surface area contributed by atoms with Gasteiger partial charge in [-0.3, -0.25) is 4.79 Å². The van der Waals surface area contributed by atoms with Crippen LogP contribution in [0.5, 0.6) is 5.75 Å². The summed E-state index contributed by atoms with van der Waals surface area (Å²) in [5.74, 6) is 1.29. The Balaban J connectivity index is 1.55. The highest BCUT2D eigenvalue weighted by atomic mass is 16.5. The monoisotopic (exact) mass is 307 g/mol. The standard InChI is InChI=1S/C18H17N3O2/c1-13-3-2-4-16(11-13)23-12-17(22)21-15-7-5-14(6-8-15)18-19-9-10-20-18/h2-11H,12H2,1H3,(H,19,20)(H,21,22). The van der Waals surface area contributed by atoms with Crippen LogP contribution in [0.15, 0.2) is 60.9 Å². The van der Waals surface area contributed by atoms with Crippen molar-refractivity contribution in [3.8, 4) is 17.1 Å². The lowest BCUT2D eigenvalue weighted by atomic mass is 10.2. The zero-order chi connectivity index (χ0) is 16.1. The molecule has 0 bridgehead atoms. The summed E-state index contributed by atoms with van der Waals surface area (Å²) in [5, 5.41) is 2.80. The van der Waals surface area contributed by atoms with Crippen molar-refractivity contribution in [1.82, 2.24) is 9.97 Å². The van der Waals surface area contributed by atoms with E-state index in [0.29, 0.717) is 5.75 Å². The maximum Gasteiger partial charge on any atom is 0.262 e. The molecule has 0 fully saturated rings. The summed E-state index contributed by atoms with van der Waals surface area (Å²) in [6.07, 6.45) is 3.47. The van der Waals surface area contributed by atoms with Crippen molar-refractivity contribution in [1.29, 1.82) is 0 Å². The molecular weight excluding hydrogens is 290 g/mol. The average molecular weight is 307 g/mol. The summed E-state index contributed by atoms with van der Waals surface area (Å²) in [4.78, 5) is 19.2. The number of aromatic amines is 1. The van der Waals surface area contributed by atoms with Crippen molar-refractivity contribution in [2.24, 2.45) is 0 Å². The summed E-state index contributed by atoms with van der Waals surface area (Å²) in [6, 6.07) is 15.1. The average Bonchev–Trinajstić information content (AvgIpc) is 3.08. The predicted octanol–water partition coefficient (Wildman–Crippen LogP) is 3.40. The first-order valence-corrected chi connectivity index (χ1v) is 7.30. The van der Waals surface area contributed by atoms with Gasteiger partial charge in [0.2, 0.25) is 0 Å². The molecule has 0 atom stereocenters. The molecule has 0 radical (unpaired) electrons. The number of ether oxygens (including phenoxy) is 1. The lowest BCUT2D eigenvalue weighted by Crippen LogP contribution is -2.20. The van der Waals surface area contributed by atoms with Gasteiger partial charge < -0.3 is 15.0 Å². The van der Waals surface area contributed by atoms with Crippen molar-refractivity contribution in [2.45, 2.75) is 6.92 Å². The molecule has 116 valence electrons. The summed E-state index contributed by atoms with van der Waals surface area (Å²) in [5.41, 5.74) is 2.78. The number of amides is 1. The van der Waals surface area contributed by atoms with Gasteiger partial charge in [0, 0.05) is 23.6 Å². The van der Waals surface area contributed by atoms with E-state index >= 15 is 0 Å². The summed E-state index contributed by atoms with van der Waals surface area (Å²) in [6.45, 7) is 1.96. The first-order chi connectivity index (χ1) is 11.2. The van der Waals surface area contributed by atoms with Crippen LogP contribution >= 0.6 is 0 Å². The van der Waals surface area contributed by atoms with E-state index in [1.807, 2.05) is 55.5 Å². The van der Waals surface area contributed by atoms with Crippen LogP contribution in [0.25, 0.3) is 11.4 Å². The molecule has 0 spiro atoms. The minimum absolute atomic E-state index is 0.0244. The SMILES string of the molecule is Cc1cccc(OCC(=O)Nc2ccc(-c3ncc[nH]3)cc2)c1. The van der Waals surface area contributed by atoms with Crippen LogP contribution < -0.4 is 10.1 Å². The topological polar surface area (TPSA) is 67.0 Å². The predicted molar refractivity (Wildman–Crippen MR) is 89.3 cm³/mol. The molecule has 1 amide bonds. The van der Waals surface area contributed by atoms with E-state index in [1.165, 1.54) is 0 Å². The van der Waals surface area contributed by atoms with Crippen molar-refractivity contribution >= 4 is 11.6 Å². The molecule has 2 aromatic carbocycles. The van der Waals surface area contributed by atoms with E-state index in [4.69, 9.17) is 4.74 Å². The molecule has 0 aliphatic rings. The highest BCUT2D eigenvalue weighted by Crippen LogP contribution is 2.17. The zero-order valence-electron chi connectivity index (χ0n) is 12.7. The molecule has 0 unspecified atom stereocenters. The molecule has 0 aliphatic heterocycles. The number of imidazole rings is 1. The van der Waals surface area contributed by atoms with E-state index in [1.54, 1.807) is 12.4 Å². The van der Waals surface area contributed by atoms with Gasteiger partial charge in [0.15, 0.2) is 6.61 Å². The lowest BCUT2D eigenvalue weighted by Gasteiger charge is -2.08. The third-order valence-electron chi connectivity index (χ3n) is 3.30. The fourth-order valence-electron chi connectivity index (χ4n) is 2.19. The summed E-state index contributed by atoms with van der Waals surface area (Å²) in [7, 11) is 0. The minimum atomic E-state index is -0.197. The summed E-state index contributed by atoms with van der Waals surface area (Å²) >= 11 is 0. The van der Waals surface area contributed by atoms with E-state index in [-0.39, 0.29) is 12.5 Å². The Morgan fingerprint density at radius 1 is 1.22 bits per heavy atom. The van der Waals surface area contributed by atoms with Crippen molar-refractivity contribution in [3.63, 3.8) is 0 Å². The number of carbonyl (C=O) groups excluding carboxylic acids is 1. The van der Waals surface area contributed by atoms with E-state index in [9.17, 15) is 4.79 Å². The Kier molecular flexibility index (Phi) is 4.38. The van der Waals surface area contributed by atoms with Gasteiger partial charge in [-0.25, -0.2) is 4.98 Å². The highest BCUT2D eigenvalue weighted by molar-refractivity contribution is 5.92. The Bertz CT molecular complexity index is 780. The van der Waals surface area contributed by atoms with Gasteiger partial charge in [0.05, 0.1) is 0 Å². The van der Waals surface area contributed by atoms with Gasteiger partial charge in [0.25, 0.3) is 5.91 Å². The molecule has 23 heavy (non-hydrogen) atoms. The molecule has 2 N–H and O–H groups in total. The first kappa shape index (κ1) is 14.8. The molecule has 3 rings (SSSR count). The van der Waals surface area contributed by atoms with Crippen molar-refractivity contribution in [3.05, 3.63) is 66.5 Å². The number of aryl methyl sites for hydroxylation is 1. The van der Waals surface area contributed by atoms with Crippen LogP contribution in [-0.4, -0.2) is 22.5 Å². The van der Waals surface area contributed by atoms with Crippen LogP contribution in [-0.2, 0) is 4.79 Å². The smallest absolute Gasteiger partial charge is 0.262 e. The number of rotatable bonds is 5. The van der Waals surface area contributed by atoms with Crippen molar-refractivity contribution in [2.75, 3.05) is 11.9 Å². The molecule has 0 saturated heterocycles. The van der Waals surface area contributed by atoms with Crippen LogP contribution in [0.1, 0.15) is 5.56 Å². The number of H-pyrrole nitrogens is 1. The first-order valence-electron chi connectivity index (χ1n) is 7.30. The third kappa shape index (κ3) is 3.97. The van der Waals surface area contributed by atoms with E-state index in [2.05, 4.69) is 15.3 Å². The lowest BCUT2D eigenvalue weighted by molar-refractivity contribution is -0.118.